The minimum Gasteiger partial charge on any atom is -0.387 e. The van der Waals surface area contributed by atoms with Crippen molar-refractivity contribution in [3.05, 3.63) is 48.8 Å². The highest BCUT2D eigenvalue weighted by Crippen LogP contribution is 2.29. The van der Waals surface area contributed by atoms with Crippen molar-refractivity contribution in [3.8, 4) is 11.3 Å². The average Bonchev–Trinajstić information content (AvgIpc) is 3.11. The molecule has 3 aromatic rings. The minimum atomic E-state index is -3.66. The van der Waals surface area contributed by atoms with Crippen LogP contribution in [-0.2, 0) is 14.8 Å². The monoisotopic (exact) mass is 386 g/mol. The number of nitrogens with zero attached hydrogens (tertiary/aromatic N) is 2. The van der Waals surface area contributed by atoms with Crippen LogP contribution < -0.4 is 10.0 Å². The summed E-state index contributed by atoms with van der Waals surface area (Å²) in [6, 6.07) is 10.8. The first-order chi connectivity index (χ1) is 13.1. The SMILES string of the molecule is CNc1ccc2ncc(-c3ccccc3S(=O)(=O)NC3CCOCC3)n2c1. The molecule has 1 aromatic carbocycles. The van der Waals surface area contributed by atoms with Crippen LogP contribution in [0.3, 0.4) is 0 Å². The zero-order valence-corrected chi connectivity index (χ0v) is 15.9. The number of fused-ring (bicyclic) bond motifs is 1. The Morgan fingerprint density at radius 2 is 1.93 bits per heavy atom. The van der Waals surface area contributed by atoms with Crippen molar-refractivity contribution < 1.29 is 13.2 Å². The van der Waals surface area contributed by atoms with Crippen molar-refractivity contribution in [2.24, 2.45) is 0 Å². The number of pyridine rings is 1. The fourth-order valence-corrected chi connectivity index (χ4v) is 4.86. The second-order valence-corrected chi connectivity index (χ2v) is 8.23. The van der Waals surface area contributed by atoms with Gasteiger partial charge in [-0.2, -0.15) is 0 Å². The van der Waals surface area contributed by atoms with E-state index in [4.69, 9.17) is 4.74 Å². The predicted molar refractivity (Wildman–Crippen MR) is 104 cm³/mol. The third-order valence-electron chi connectivity index (χ3n) is 4.79. The smallest absolute Gasteiger partial charge is 0.241 e. The van der Waals surface area contributed by atoms with Crippen molar-refractivity contribution in [1.29, 1.82) is 0 Å². The summed E-state index contributed by atoms with van der Waals surface area (Å²) in [5.74, 6) is 0. The Labute approximate surface area is 158 Å². The molecule has 1 fully saturated rings. The van der Waals surface area contributed by atoms with Crippen LogP contribution in [0.2, 0.25) is 0 Å². The predicted octanol–water partition coefficient (Wildman–Crippen LogP) is 2.50. The topological polar surface area (TPSA) is 84.7 Å². The fourth-order valence-electron chi connectivity index (χ4n) is 3.34. The summed E-state index contributed by atoms with van der Waals surface area (Å²) in [6.07, 6.45) is 4.98. The summed E-state index contributed by atoms with van der Waals surface area (Å²) in [6.45, 7) is 1.16. The molecule has 1 saturated heterocycles. The molecule has 27 heavy (non-hydrogen) atoms. The highest BCUT2D eigenvalue weighted by molar-refractivity contribution is 7.89. The summed E-state index contributed by atoms with van der Waals surface area (Å²) in [5.41, 5.74) is 3.03. The lowest BCUT2D eigenvalue weighted by Gasteiger charge is -2.23. The van der Waals surface area contributed by atoms with Gasteiger partial charge >= 0.3 is 0 Å². The van der Waals surface area contributed by atoms with E-state index in [1.54, 1.807) is 18.3 Å². The molecular weight excluding hydrogens is 364 g/mol. The second-order valence-electron chi connectivity index (χ2n) is 6.54. The number of anilines is 1. The third-order valence-corrected chi connectivity index (χ3v) is 6.37. The number of benzene rings is 1. The van der Waals surface area contributed by atoms with Gasteiger partial charge < -0.3 is 10.1 Å². The molecule has 0 saturated carbocycles. The number of hydrogen-bond acceptors (Lipinski definition) is 5. The van der Waals surface area contributed by atoms with E-state index in [9.17, 15) is 8.42 Å². The van der Waals surface area contributed by atoms with Gasteiger partial charge in [0.2, 0.25) is 10.0 Å². The van der Waals surface area contributed by atoms with Crippen LogP contribution in [0, 0.1) is 0 Å². The summed E-state index contributed by atoms with van der Waals surface area (Å²) in [5, 5.41) is 3.10. The number of sulfonamides is 1. The van der Waals surface area contributed by atoms with E-state index in [0.717, 1.165) is 17.0 Å². The summed E-state index contributed by atoms with van der Waals surface area (Å²) < 4.78 is 36.2. The lowest BCUT2D eigenvalue weighted by Crippen LogP contribution is -2.39. The van der Waals surface area contributed by atoms with E-state index in [2.05, 4.69) is 15.0 Å². The first kappa shape index (κ1) is 18.0. The van der Waals surface area contributed by atoms with E-state index in [0.29, 0.717) is 31.6 Å². The number of hydrogen-bond donors (Lipinski definition) is 2. The van der Waals surface area contributed by atoms with Crippen LogP contribution in [0.4, 0.5) is 5.69 Å². The number of aromatic nitrogens is 2. The molecule has 0 radical (unpaired) electrons. The van der Waals surface area contributed by atoms with Gasteiger partial charge in [-0.3, -0.25) is 4.40 Å². The van der Waals surface area contributed by atoms with Crippen LogP contribution in [0.15, 0.2) is 53.7 Å². The maximum absolute atomic E-state index is 13.1. The molecule has 0 bridgehead atoms. The molecule has 8 heteroatoms. The van der Waals surface area contributed by atoms with Gasteiger partial charge in [0.15, 0.2) is 0 Å². The molecule has 142 valence electrons. The van der Waals surface area contributed by atoms with Gasteiger partial charge in [-0.25, -0.2) is 18.1 Å². The molecule has 0 unspecified atom stereocenters. The Kier molecular flexibility index (Phi) is 4.86. The van der Waals surface area contributed by atoms with Crippen molar-refractivity contribution in [1.82, 2.24) is 14.1 Å². The van der Waals surface area contributed by atoms with Crippen LogP contribution >= 0.6 is 0 Å². The van der Waals surface area contributed by atoms with Gasteiger partial charge in [0, 0.05) is 38.1 Å². The van der Waals surface area contributed by atoms with Crippen LogP contribution in [0.1, 0.15) is 12.8 Å². The highest BCUT2D eigenvalue weighted by Gasteiger charge is 2.25. The highest BCUT2D eigenvalue weighted by atomic mass is 32.2. The Morgan fingerprint density at radius 1 is 1.15 bits per heavy atom. The largest absolute Gasteiger partial charge is 0.387 e. The molecule has 3 heterocycles. The van der Waals surface area contributed by atoms with E-state index in [-0.39, 0.29) is 10.9 Å². The molecule has 1 aliphatic heterocycles. The van der Waals surface area contributed by atoms with Gasteiger partial charge in [-0.05, 0) is 31.0 Å². The van der Waals surface area contributed by atoms with Crippen molar-refractivity contribution in [2.45, 2.75) is 23.8 Å². The average molecular weight is 386 g/mol. The molecule has 0 atom stereocenters. The molecule has 0 aliphatic carbocycles. The van der Waals surface area contributed by atoms with Gasteiger partial charge in [0.25, 0.3) is 0 Å². The van der Waals surface area contributed by atoms with E-state index in [1.165, 1.54) is 0 Å². The number of nitrogens with one attached hydrogen (secondary N) is 2. The van der Waals surface area contributed by atoms with Crippen LogP contribution in [0.5, 0.6) is 0 Å². The molecule has 1 aliphatic rings. The molecule has 2 aromatic heterocycles. The lowest BCUT2D eigenvalue weighted by atomic mass is 10.1. The Morgan fingerprint density at radius 3 is 2.70 bits per heavy atom. The van der Waals surface area contributed by atoms with Gasteiger partial charge in [0.05, 0.1) is 22.5 Å². The fraction of sp³-hybridized carbons (Fsp3) is 0.316. The van der Waals surface area contributed by atoms with Crippen LogP contribution in [0.25, 0.3) is 16.9 Å². The Bertz CT molecular complexity index is 1060. The maximum Gasteiger partial charge on any atom is 0.241 e. The number of ether oxygens (including phenoxy) is 1. The lowest BCUT2D eigenvalue weighted by molar-refractivity contribution is 0.0832. The molecule has 4 rings (SSSR count). The quantitative estimate of drug-likeness (QED) is 0.704. The summed E-state index contributed by atoms with van der Waals surface area (Å²) in [7, 11) is -1.82. The molecule has 7 nitrogen and oxygen atoms in total. The second kappa shape index (κ2) is 7.30. The molecule has 2 N–H and O–H groups in total. The van der Waals surface area contributed by atoms with E-state index < -0.39 is 10.0 Å². The van der Waals surface area contributed by atoms with Crippen molar-refractivity contribution >= 4 is 21.4 Å². The minimum absolute atomic E-state index is 0.102. The van der Waals surface area contributed by atoms with Crippen LogP contribution in [-0.4, -0.2) is 44.1 Å². The molecular formula is C19H22N4O3S. The first-order valence-electron chi connectivity index (χ1n) is 8.93. The first-order valence-corrected chi connectivity index (χ1v) is 10.4. The van der Waals surface area contributed by atoms with E-state index >= 15 is 0 Å². The zero-order valence-electron chi connectivity index (χ0n) is 15.1. The van der Waals surface area contributed by atoms with Gasteiger partial charge in [-0.1, -0.05) is 18.2 Å². The Hall–Kier alpha value is -2.42. The maximum atomic E-state index is 13.1. The number of rotatable bonds is 5. The van der Waals surface area contributed by atoms with Crippen molar-refractivity contribution in [2.75, 3.05) is 25.6 Å². The zero-order chi connectivity index (χ0) is 18.9. The number of imidazole rings is 1. The Balaban J connectivity index is 1.77. The molecule has 0 spiro atoms. The summed E-state index contributed by atoms with van der Waals surface area (Å²) >= 11 is 0. The normalized spacial score (nSPS) is 15.9. The third kappa shape index (κ3) is 3.55. The standard InChI is InChI=1S/C19H22N4O3S/c1-20-15-6-7-19-21-12-17(23(19)13-15)16-4-2-3-5-18(16)27(24,25)22-14-8-10-26-11-9-14/h2-7,12-14,20,22H,8-11H2,1H3. The summed E-state index contributed by atoms with van der Waals surface area (Å²) in [4.78, 5) is 4.67. The van der Waals surface area contributed by atoms with Crippen molar-refractivity contribution in [3.63, 3.8) is 0 Å². The molecule has 0 amide bonds. The van der Waals surface area contributed by atoms with Gasteiger partial charge in [0.1, 0.15) is 5.65 Å². The van der Waals surface area contributed by atoms with E-state index in [1.807, 2.05) is 41.9 Å². The van der Waals surface area contributed by atoms with Gasteiger partial charge in [-0.15, -0.1) is 0 Å².